The van der Waals surface area contributed by atoms with Crippen LogP contribution in [-0.2, 0) is 16.1 Å². The number of carbonyl (C=O) groups is 2. The SMILES string of the molecule is CCOC(=O)/C=C(\C)NC(=O)c1ccc(COc2ccc(OCC)cc2)o1. The molecule has 0 spiro atoms. The first-order valence-electron chi connectivity index (χ1n) is 8.62. The Morgan fingerprint density at radius 2 is 1.67 bits per heavy atom. The zero-order chi connectivity index (χ0) is 19.6. The lowest BCUT2D eigenvalue weighted by Crippen LogP contribution is -2.21. The predicted octanol–water partition coefficient (Wildman–Crippen LogP) is 3.45. The Hall–Kier alpha value is -3.22. The Morgan fingerprint density at radius 3 is 2.30 bits per heavy atom. The van der Waals surface area contributed by atoms with Crippen LogP contribution < -0.4 is 14.8 Å². The van der Waals surface area contributed by atoms with Gasteiger partial charge in [0.1, 0.15) is 23.9 Å². The summed E-state index contributed by atoms with van der Waals surface area (Å²) in [5.41, 5.74) is 0.363. The van der Waals surface area contributed by atoms with Crippen molar-refractivity contribution >= 4 is 11.9 Å². The van der Waals surface area contributed by atoms with E-state index in [0.29, 0.717) is 23.8 Å². The van der Waals surface area contributed by atoms with Crippen LogP contribution in [0.25, 0.3) is 0 Å². The lowest BCUT2D eigenvalue weighted by atomic mass is 10.3. The van der Waals surface area contributed by atoms with Crippen molar-refractivity contribution in [1.29, 1.82) is 0 Å². The highest BCUT2D eigenvalue weighted by molar-refractivity contribution is 5.93. The molecule has 0 saturated heterocycles. The second-order valence-corrected chi connectivity index (χ2v) is 5.49. The third kappa shape index (κ3) is 6.54. The van der Waals surface area contributed by atoms with E-state index >= 15 is 0 Å². The molecular weight excluding hydrogens is 350 g/mol. The average molecular weight is 373 g/mol. The van der Waals surface area contributed by atoms with Gasteiger partial charge in [-0.25, -0.2) is 4.79 Å². The minimum atomic E-state index is -0.515. The van der Waals surface area contributed by atoms with Gasteiger partial charge in [-0.05, 0) is 57.2 Å². The van der Waals surface area contributed by atoms with Crippen LogP contribution in [0.3, 0.4) is 0 Å². The maximum atomic E-state index is 12.1. The molecular formula is C20H23NO6. The maximum absolute atomic E-state index is 12.1. The Labute approximate surface area is 157 Å². The molecule has 7 heteroatoms. The summed E-state index contributed by atoms with van der Waals surface area (Å²) in [5.74, 6) is 1.08. The van der Waals surface area contributed by atoms with Gasteiger partial charge in [-0.1, -0.05) is 0 Å². The number of hydrogen-bond acceptors (Lipinski definition) is 6. The van der Waals surface area contributed by atoms with Crippen LogP contribution in [-0.4, -0.2) is 25.1 Å². The molecule has 0 aliphatic carbocycles. The fourth-order valence-electron chi connectivity index (χ4n) is 2.17. The highest BCUT2D eigenvalue weighted by Crippen LogP contribution is 2.19. The quantitative estimate of drug-likeness (QED) is 0.535. The Balaban J connectivity index is 1.88. The van der Waals surface area contributed by atoms with Crippen molar-refractivity contribution in [3.63, 3.8) is 0 Å². The molecule has 1 N–H and O–H groups in total. The van der Waals surface area contributed by atoms with Crippen LogP contribution in [0.5, 0.6) is 11.5 Å². The normalized spacial score (nSPS) is 11.0. The number of benzene rings is 1. The standard InChI is InChI=1S/C20H23NO6/c1-4-24-15-6-8-16(9-7-15)26-13-17-10-11-18(27-17)20(23)21-14(3)12-19(22)25-5-2/h6-12H,4-5,13H2,1-3H3,(H,21,23)/b14-12+. The number of furan rings is 1. The van der Waals surface area contributed by atoms with E-state index < -0.39 is 11.9 Å². The zero-order valence-electron chi connectivity index (χ0n) is 15.6. The molecule has 0 aliphatic heterocycles. The molecule has 7 nitrogen and oxygen atoms in total. The fraction of sp³-hybridized carbons (Fsp3) is 0.300. The van der Waals surface area contributed by atoms with E-state index in [-0.39, 0.29) is 19.0 Å². The van der Waals surface area contributed by atoms with E-state index in [9.17, 15) is 9.59 Å². The van der Waals surface area contributed by atoms with E-state index in [1.54, 1.807) is 38.1 Å². The molecule has 27 heavy (non-hydrogen) atoms. The molecule has 144 valence electrons. The second kappa shape index (κ2) is 10.1. The number of nitrogens with one attached hydrogen (secondary N) is 1. The van der Waals surface area contributed by atoms with Crippen molar-refractivity contribution in [2.24, 2.45) is 0 Å². The number of ether oxygens (including phenoxy) is 3. The van der Waals surface area contributed by atoms with E-state index in [2.05, 4.69) is 5.32 Å². The number of carbonyl (C=O) groups excluding carboxylic acids is 2. The minimum absolute atomic E-state index is 0.122. The van der Waals surface area contributed by atoms with Crippen LogP contribution in [0.4, 0.5) is 0 Å². The molecule has 0 radical (unpaired) electrons. The Morgan fingerprint density at radius 1 is 1.00 bits per heavy atom. The zero-order valence-corrected chi connectivity index (χ0v) is 15.6. The van der Waals surface area contributed by atoms with Crippen LogP contribution >= 0.6 is 0 Å². The first-order valence-corrected chi connectivity index (χ1v) is 8.62. The van der Waals surface area contributed by atoms with Crippen molar-refractivity contribution < 1.29 is 28.2 Å². The highest BCUT2D eigenvalue weighted by Gasteiger charge is 2.12. The number of hydrogen-bond donors (Lipinski definition) is 1. The predicted molar refractivity (Wildman–Crippen MR) is 98.5 cm³/mol. The molecule has 2 rings (SSSR count). The number of allylic oxidation sites excluding steroid dienone is 1. The van der Waals surface area contributed by atoms with Gasteiger partial charge in [-0.3, -0.25) is 4.79 Å². The van der Waals surface area contributed by atoms with Crippen LogP contribution in [0.1, 0.15) is 37.1 Å². The summed E-state index contributed by atoms with van der Waals surface area (Å²) in [6.07, 6.45) is 1.21. The summed E-state index contributed by atoms with van der Waals surface area (Å²) in [6, 6.07) is 10.4. The smallest absolute Gasteiger partial charge is 0.332 e. The largest absolute Gasteiger partial charge is 0.494 e. The average Bonchev–Trinajstić information content (AvgIpc) is 3.10. The van der Waals surface area contributed by atoms with Crippen molar-refractivity contribution in [3.8, 4) is 11.5 Å². The third-order valence-electron chi connectivity index (χ3n) is 3.33. The van der Waals surface area contributed by atoms with Gasteiger partial charge in [0, 0.05) is 11.8 Å². The Kier molecular flexibility index (Phi) is 7.49. The molecule has 1 amide bonds. The van der Waals surface area contributed by atoms with Crippen LogP contribution in [0, 0.1) is 0 Å². The molecule has 1 heterocycles. The van der Waals surface area contributed by atoms with Crippen molar-refractivity contribution in [2.45, 2.75) is 27.4 Å². The molecule has 0 bridgehead atoms. The molecule has 1 aromatic heterocycles. The van der Waals surface area contributed by atoms with Crippen molar-refractivity contribution in [2.75, 3.05) is 13.2 Å². The molecule has 2 aromatic rings. The summed E-state index contributed by atoms with van der Waals surface area (Å²) in [5, 5.41) is 2.56. The van der Waals surface area contributed by atoms with Gasteiger partial charge in [0.15, 0.2) is 5.76 Å². The van der Waals surface area contributed by atoms with Gasteiger partial charge >= 0.3 is 5.97 Å². The molecule has 0 fully saturated rings. The summed E-state index contributed by atoms with van der Waals surface area (Å²) < 4.78 is 21.3. The molecule has 0 atom stereocenters. The topological polar surface area (TPSA) is 87.0 Å². The van der Waals surface area contributed by atoms with Gasteiger partial charge < -0.3 is 23.9 Å². The lowest BCUT2D eigenvalue weighted by molar-refractivity contribution is -0.137. The van der Waals surface area contributed by atoms with Crippen molar-refractivity contribution in [1.82, 2.24) is 5.32 Å². The highest BCUT2D eigenvalue weighted by atomic mass is 16.5. The summed E-state index contributed by atoms with van der Waals surface area (Å²) in [7, 11) is 0. The van der Waals surface area contributed by atoms with Crippen LogP contribution in [0.2, 0.25) is 0 Å². The van der Waals surface area contributed by atoms with E-state index in [0.717, 1.165) is 5.75 Å². The summed E-state index contributed by atoms with van der Waals surface area (Å²) in [6.45, 7) is 6.27. The van der Waals surface area contributed by atoms with Crippen molar-refractivity contribution in [3.05, 3.63) is 59.7 Å². The van der Waals surface area contributed by atoms with E-state index in [1.807, 2.05) is 19.1 Å². The number of amides is 1. The van der Waals surface area contributed by atoms with Gasteiger partial charge in [0.2, 0.25) is 0 Å². The second-order valence-electron chi connectivity index (χ2n) is 5.49. The molecule has 1 aromatic carbocycles. The fourth-order valence-corrected chi connectivity index (χ4v) is 2.17. The summed E-state index contributed by atoms with van der Waals surface area (Å²) in [4.78, 5) is 23.5. The lowest BCUT2D eigenvalue weighted by Gasteiger charge is -2.06. The molecule has 0 unspecified atom stereocenters. The summed E-state index contributed by atoms with van der Waals surface area (Å²) >= 11 is 0. The van der Waals surface area contributed by atoms with E-state index in [1.165, 1.54) is 6.08 Å². The van der Waals surface area contributed by atoms with Gasteiger partial charge in [-0.2, -0.15) is 0 Å². The molecule has 0 aliphatic rings. The third-order valence-corrected chi connectivity index (χ3v) is 3.33. The Bertz CT molecular complexity index is 791. The van der Waals surface area contributed by atoms with Gasteiger partial charge in [0.05, 0.1) is 13.2 Å². The maximum Gasteiger partial charge on any atom is 0.332 e. The minimum Gasteiger partial charge on any atom is -0.494 e. The first-order chi connectivity index (χ1) is 13.0. The van der Waals surface area contributed by atoms with Gasteiger partial charge in [-0.15, -0.1) is 0 Å². The first kappa shape index (κ1) is 20.1. The number of esters is 1. The van der Waals surface area contributed by atoms with E-state index in [4.69, 9.17) is 18.6 Å². The number of rotatable bonds is 9. The molecule has 0 saturated carbocycles. The van der Waals surface area contributed by atoms with Gasteiger partial charge in [0.25, 0.3) is 5.91 Å². The monoisotopic (exact) mass is 373 g/mol. The van der Waals surface area contributed by atoms with Crippen LogP contribution in [0.15, 0.2) is 52.6 Å².